The van der Waals surface area contributed by atoms with Crippen LogP contribution < -0.4 is 4.90 Å². The lowest BCUT2D eigenvalue weighted by atomic mass is 9.99. The van der Waals surface area contributed by atoms with E-state index in [4.69, 9.17) is 11.6 Å². The Balaban J connectivity index is 2.43. The summed E-state index contributed by atoms with van der Waals surface area (Å²) in [7, 11) is 0. The number of aryl methyl sites for hydroxylation is 1. The van der Waals surface area contributed by atoms with Gasteiger partial charge in [0.2, 0.25) is 5.91 Å². The Hall–Kier alpha value is -1.55. The third-order valence-corrected chi connectivity index (χ3v) is 3.39. The van der Waals surface area contributed by atoms with E-state index in [0.29, 0.717) is 30.0 Å². The lowest BCUT2D eigenvalue weighted by molar-refractivity contribution is -0.141. The standard InChI is InChI=1S/C13H14ClNO3/c1-8-7-9(14)5-6-10(8)15-11(13(17)18)3-2-4-12(15)16/h5-7,11H,2-4H2,1H3,(H,17,18). The smallest absolute Gasteiger partial charge is 0.326 e. The number of carboxylic acid groups (broad SMARTS) is 1. The average Bonchev–Trinajstić information content (AvgIpc) is 2.29. The molecule has 0 saturated carbocycles. The summed E-state index contributed by atoms with van der Waals surface area (Å²) in [5.74, 6) is -1.10. The normalized spacial score (nSPS) is 20.0. The number of amides is 1. The molecule has 0 bridgehead atoms. The molecule has 0 aliphatic carbocycles. The summed E-state index contributed by atoms with van der Waals surface area (Å²) in [5, 5.41) is 9.79. The largest absolute Gasteiger partial charge is 0.480 e. The molecular formula is C13H14ClNO3. The van der Waals surface area contributed by atoms with Crippen LogP contribution in [0, 0.1) is 6.92 Å². The van der Waals surface area contributed by atoms with Crippen molar-refractivity contribution in [1.82, 2.24) is 0 Å². The van der Waals surface area contributed by atoms with Gasteiger partial charge in [-0.2, -0.15) is 0 Å². The molecule has 1 aliphatic heterocycles. The van der Waals surface area contributed by atoms with Crippen LogP contribution in [0.4, 0.5) is 5.69 Å². The first-order chi connectivity index (χ1) is 8.50. The first-order valence-corrected chi connectivity index (χ1v) is 6.19. The molecule has 1 atom stereocenters. The fourth-order valence-corrected chi connectivity index (χ4v) is 2.52. The maximum Gasteiger partial charge on any atom is 0.326 e. The molecule has 0 spiro atoms. The molecule has 1 aromatic carbocycles. The second kappa shape index (κ2) is 4.98. The molecule has 1 heterocycles. The van der Waals surface area contributed by atoms with Gasteiger partial charge >= 0.3 is 5.97 Å². The van der Waals surface area contributed by atoms with E-state index in [-0.39, 0.29) is 5.91 Å². The molecule has 2 rings (SSSR count). The number of hydrogen-bond acceptors (Lipinski definition) is 2. The molecular weight excluding hydrogens is 254 g/mol. The summed E-state index contributed by atoms with van der Waals surface area (Å²) in [6, 6.07) is 4.34. The second-order valence-corrected chi connectivity index (χ2v) is 4.88. The summed E-state index contributed by atoms with van der Waals surface area (Å²) >= 11 is 5.87. The van der Waals surface area contributed by atoms with Crippen molar-refractivity contribution in [2.24, 2.45) is 0 Å². The van der Waals surface area contributed by atoms with E-state index in [2.05, 4.69) is 0 Å². The quantitative estimate of drug-likeness (QED) is 0.896. The number of aliphatic carboxylic acids is 1. The van der Waals surface area contributed by atoms with Gasteiger partial charge in [0, 0.05) is 17.1 Å². The van der Waals surface area contributed by atoms with Crippen LogP contribution >= 0.6 is 11.6 Å². The van der Waals surface area contributed by atoms with E-state index >= 15 is 0 Å². The number of hydrogen-bond donors (Lipinski definition) is 1. The summed E-state index contributed by atoms with van der Waals surface area (Å²) in [6.45, 7) is 1.82. The van der Waals surface area contributed by atoms with Gasteiger partial charge in [-0.1, -0.05) is 11.6 Å². The van der Waals surface area contributed by atoms with Crippen molar-refractivity contribution in [2.75, 3.05) is 4.90 Å². The molecule has 1 amide bonds. The van der Waals surface area contributed by atoms with Crippen molar-refractivity contribution in [2.45, 2.75) is 32.2 Å². The van der Waals surface area contributed by atoms with Crippen LogP contribution in [0.2, 0.25) is 5.02 Å². The van der Waals surface area contributed by atoms with Gasteiger partial charge in [-0.15, -0.1) is 0 Å². The molecule has 5 heteroatoms. The zero-order valence-electron chi connectivity index (χ0n) is 10.0. The molecule has 4 nitrogen and oxygen atoms in total. The van der Waals surface area contributed by atoms with Crippen LogP contribution in [0.1, 0.15) is 24.8 Å². The van der Waals surface area contributed by atoms with Crippen LogP contribution in [0.25, 0.3) is 0 Å². The fraction of sp³-hybridized carbons (Fsp3) is 0.385. The Labute approximate surface area is 110 Å². The number of carbonyl (C=O) groups is 2. The Morgan fingerprint density at radius 1 is 1.50 bits per heavy atom. The summed E-state index contributed by atoms with van der Waals surface area (Å²) < 4.78 is 0. The van der Waals surface area contributed by atoms with Crippen molar-refractivity contribution in [3.63, 3.8) is 0 Å². The molecule has 1 unspecified atom stereocenters. The summed E-state index contributed by atoms with van der Waals surface area (Å²) in [5.41, 5.74) is 1.44. The molecule has 0 aromatic heterocycles. The highest BCUT2D eigenvalue weighted by Crippen LogP contribution is 2.30. The Morgan fingerprint density at radius 3 is 2.83 bits per heavy atom. The molecule has 96 valence electrons. The predicted octanol–water partition coefficient (Wildman–Crippen LogP) is 2.62. The van der Waals surface area contributed by atoms with E-state index in [0.717, 1.165) is 5.56 Å². The lowest BCUT2D eigenvalue weighted by Gasteiger charge is -2.33. The van der Waals surface area contributed by atoms with E-state index in [1.165, 1.54) is 4.90 Å². The number of piperidine rings is 1. The minimum atomic E-state index is -0.961. The SMILES string of the molecule is Cc1cc(Cl)ccc1N1C(=O)CCCC1C(=O)O. The van der Waals surface area contributed by atoms with Gasteiger partial charge < -0.3 is 5.11 Å². The average molecular weight is 268 g/mol. The molecule has 1 fully saturated rings. The highest BCUT2D eigenvalue weighted by molar-refractivity contribution is 6.30. The third kappa shape index (κ3) is 2.34. The molecule has 1 aromatic rings. The number of nitrogens with zero attached hydrogens (tertiary/aromatic N) is 1. The van der Waals surface area contributed by atoms with Gasteiger partial charge in [-0.05, 0) is 43.5 Å². The van der Waals surface area contributed by atoms with Gasteiger partial charge in [-0.3, -0.25) is 9.69 Å². The topological polar surface area (TPSA) is 57.6 Å². The van der Waals surface area contributed by atoms with Crippen molar-refractivity contribution in [3.8, 4) is 0 Å². The number of benzene rings is 1. The Bertz CT molecular complexity index is 501. The van der Waals surface area contributed by atoms with Crippen molar-refractivity contribution < 1.29 is 14.7 Å². The molecule has 18 heavy (non-hydrogen) atoms. The molecule has 1 N–H and O–H groups in total. The van der Waals surface area contributed by atoms with Gasteiger partial charge in [-0.25, -0.2) is 4.79 Å². The maximum atomic E-state index is 12.0. The van der Waals surface area contributed by atoms with E-state index < -0.39 is 12.0 Å². The Morgan fingerprint density at radius 2 is 2.22 bits per heavy atom. The number of halogens is 1. The zero-order chi connectivity index (χ0) is 13.3. The first-order valence-electron chi connectivity index (χ1n) is 5.81. The molecule has 1 aliphatic rings. The van der Waals surface area contributed by atoms with E-state index in [1.54, 1.807) is 18.2 Å². The minimum absolute atomic E-state index is 0.140. The van der Waals surface area contributed by atoms with Crippen LogP contribution in [-0.4, -0.2) is 23.0 Å². The fourth-order valence-electron chi connectivity index (χ4n) is 2.30. The minimum Gasteiger partial charge on any atom is -0.480 e. The highest BCUT2D eigenvalue weighted by atomic mass is 35.5. The number of carboxylic acids is 1. The molecule has 0 radical (unpaired) electrons. The second-order valence-electron chi connectivity index (χ2n) is 4.44. The number of rotatable bonds is 2. The van der Waals surface area contributed by atoms with Crippen molar-refractivity contribution in [1.29, 1.82) is 0 Å². The monoisotopic (exact) mass is 267 g/mol. The first kappa shape index (κ1) is 12.9. The van der Waals surface area contributed by atoms with Gasteiger partial charge in [0.05, 0.1) is 0 Å². The van der Waals surface area contributed by atoms with Crippen LogP contribution in [-0.2, 0) is 9.59 Å². The zero-order valence-corrected chi connectivity index (χ0v) is 10.8. The van der Waals surface area contributed by atoms with Crippen LogP contribution in [0.15, 0.2) is 18.2 Å². The van der Waals surface area contributed by atoms with Crippen LogP contribution in [0.5, 0.6) is 0 Å². The van der Waals surface area contributed by atoms with Gasteiger partial charge in [0.25, 0.3) is 0 Å². The lowest BCUT2D eigenvalue weighted by Crippen LogP contribution is -2.48. The molecule has 1 saturated heterocycles. The number of anilines is 1. The van der Waals surface area contributed by atoms with Crippen molar-refractivity contribution >= 4 is 29.2 Å². The van der Waals surface area contributed by atoms with E-state index in [1.807, 2.05) is 6.92 Å². The highest BCUT2D eigenvalue weighted by Gasteiger charge is 2.34. The summed E-state index contributed by atoms with van der Waals surface area (Å²) in [6.07, 6.45) is 1.51. The third-order valence-electron chi connectivity index (χ3n) is 3.15. The predicted molar refractivity (Wildman–Crippen MR) is 68.9 cm³/mol. The van der Waals surface area contributed by atoms with Crippen molar-refractivity contribution in [3.05, 3.63) is 28.8 Å². The van der Waals surface area contributed by atoms with E-state index in [9.17, 15) is 14.7 Å². The Kier molecular flexibility index (Phi) is 3.57. The van der Waals surface area contributed by atoms with Gasteiger partial charge in [0.15, 0.2) is 0 Å². The number of carbonyl (C=O) groups excluding carboxylic acids is 1. The summed E-state index contributed by atoms with van der Waals surface area (Å²) in [4.78, 5) is 24.6. The maximum absolute atomic E-state index is 12.0. The van der Waals surface area contributed by atoms with Crippen LogP contribution in [0.3, 0.4) is 0 Å². The van der Waals surface area contributed by atoms with Gasteiger partial charge in [0.1, 0.15) is 6.04 Å².